The van der Waals surface area contributed by atoms with Gasteiger partial charge in [-0.15, -0.1) is 0 Å². The lowest BCUT2D eigenvalue weighted by molar-refractivity contribution is -0.125. The van der Waals surface area contributed by atoms with E-state index in [0.29, 0.717) is 37.7 Å². The molecular weight excluding hydrogens is 454 g/mol. The van der Waals surface area contributed by atoms with Crippen LogP contribution < -0.4 is 10.1 Å². The highest BCUT2D eigenvalue weighted by Crippen LogP contribution is 2.49. The fourth-order valence-electron chi connectivity index (χ4n) is 5.51. The van der Waals surface area contributed by atoms with Crippen LogP contribution in [0.2, 0.25) is 0 Å². The van der Waals surface area contributed by atoms with Gasteiger partial charge in [0, 0.05) is 31.6 Å². The zero-order valence-corrected chi connectivity index (χ0v) is 20.7. The van der Waals surface area contributed by atoms with Crippen LogP contribution in [0.15, 0.2) is 65.2 Å². The van der Waals surface area contributed by atoms with Gasteiger partial charge in [0.15, 0.2) is 0 Å². The number of rotatable bonds is 7. The Balaban J connectivity index is 1.09. The quantitative estimate of drug-likeness (QED) is 0.512. The van der Waals surface area contributed by atoms with Crippen LogP contribution in [-0.2, 0) is 17.9 Å². The summed E-state index contributed by atoms with van der Waals surface area (Å²) in [6.07, 6.45) is 4.69. The first-order valence-corrected chi connectivity index (χ1v) is 12.8. The molecule has 1 spiro atoms. The molecule has 0 radical (unpaired) electrons. The standard InChI is InChI=1S/C29H33N3O4/c1-21-16-26(36-31-21)28(34)32-14-12-29(13-15-32)11-10-24(18-29)27(33)30-19-23-8-5-9-25(17-23)35-20-22-6-3-2-4-7-22/h2-9,16-17,24H,10-15,18-20H2,1H3,(H,30,33)/t24-/m1/s1. The number of hydrogen-bond donors (Lipinski definition) is 1. The summed E-state index contributed by atoms with van der Waals surface area (Å²) in [7, 11) is 0. The van der Waals surface area contributed by atoms with E-state index in [4.69, 9.17) is 9.26 Å². The highest BCUT2D eigenvalue weighted by molar-refractivity contribution is 5.91. The van der Waals surface area contributed by atoms with Crippen molar-refractivity contribution in [3.63, 3.8) is 0 Å². The fraction of sp³-hybridized carbons (Fsp3) is 0.414. The third-order valence-electron chi connectivity index (χ3n) is 7.64. The maximum absolute atomic E-state index is 13.0. The zero-order valence-electron chi connectivity index (χ0n) is 20.7. The number of amides is 2. The summed E-state index contributed by atoms with van der Waals surface area (Å²) in [6.45, 7) is 4.21. The Morgan fingerprint density at radius 1 is 1.06 bits per heavy atom. The van der Waals surface area contributed by atoms with Crippen LogP contribution in [0.1, 0.15) is 59.5 Å². The molecule has 3 aromatic rings. The normalized spacial score (nSPS) is 18.8. The molecule has 1 aliphatic carbocycles. The molecule has 188 valence electrons. The van der Waals surface area contributed by atoms with E-state index in [-0.39, 0.29) is 23.1 Å². The van der Waals surface area contributed by atoms with Gasteiger partial charge in [0.2, 0.25) is 11.7 Å². The van der Waals surface area contributed by atoms with Crippen LogP contribution in [0.3, 0.4) is 0 Å². The molecule has 2 heterocycles. The Morgan fingerprint density at radius 2 is 1.83 bits per heavy atom. The van der Waals surface area contributed by atoms with Crippen molar-refractivity contribution in [3.8, 4) is 5.75 Å². The lowest BCUT2D eigenvalue weighted by atomic mass is 9.76. The minimum Gasteiger partial charge on any atom is -0.489 e. The van der Waals surface area contributed by atoms with Crippen molar-refractivity contribution in [1.82, 2.24) is 15.4 Å². The number of aryl methyl sites for hydroxylation is 1. The van der Waals surface area contributed by atoms with E-state index in [1.807, 2.05) is 66.4 Å². The van der Waals surface area contributed by atoms with E-state index in [0.717, 1.165) is 49.0 Å². The number of likely N-dealkylation sites (tertiary alicyclic amines) is 1. The fourth-order valence-corrected chi connectivity index (χ4v) is 5.51. The summed E-state index contributed by atoms with van der Waals surface area (Å²) in [5.41, 5.74) is 3.01. The van der Waals surface area contributed by atoms with Crippen molar-refractivity contribution in [3.05, 3.63) is 83.2 Å². The third-order valence-corrected chi connectivity index (χ3v) is 7.64. The highest BCUT2D eigenvalue weighted by Gasteiger charge is 2.44. The largest absolute Gasteiger partial charge is 0.489 e. The average Bonchev–Trinajstić information content (AvgIpc) is 3.54. The Hall–Kier alpha value is -3.61. The van der Waals surface area contributed by atoms with Crippen molar-refractivity contribution in [2.75, 3.05) is 13.1 Å². The van der Waals surface area contributed by atoms with Gasteiger partial charge in [-0.2, -0.15) is 0 Å². The lowest BCUT2D eigenvalue weighted by Crippen LogP contribution is -2.42. The van der Waals surface area contributed by atoms with E-state index in [9.17, 15) is 9.59 Å². The smallest absolute Gasteiger partial charge is 0.292 e. The number of aromatic nitrogens is 1. The van der Waals surface area contributed by atoms with Gasteiger partial charge in [-0.3, -0.25) is 9.59 Å². The molecule has 1 atom stereocenters. The molecule has 1 N–H and O–H groups in total. The number of ether oxygens (including phenoxy) is 1. The second-order valence-corrected chi connectivity index (χ2v) is 10.2. The first-order chi connectivity index (χ1) is 17.5. The molecule has 5 rings (SSSR count). The Labute approximate surface area is 211 Å². The second kappa shape index (κ2) is 10.6. The highest BCUT2D eigenvalue weighted by atomic mass is 16.5. The van der Waals surface area contributed by atoms with Crippen LogP contribution in [0.5, 0.6) is 5.75 Å². The summed E-state index contributed by atoms with van der Waals surface area (Å²) < 4.78 is 11.1. The van der Waals surface area contributed by atoms with Gasteiger partial charge in [-0.05, 0) is 67.7 Å². The lowest BCUT2D eigenvalue weighted by Gasteiger charge is -2.39. The summed E-state index contributed by atoms with van der Waals surface area (Å²) in [5.74, 6) is 1.17. The van der Waals surface area contributed by atoms with E-state index in [2.05, 4.69) is 10.5 Å². The SMILES string of the molecule is Cc1cc(C(=O)N2CCC3(CC[C@@H](C(=O)NCc4cccc(OCc5ccccc5)c4)C3)CC2)on1. The van der Waals surface area contributed by atoms with E-state index < -0.39 is 0 Å². The summed E-state index contributed by atoms with van der Waals surface area (Å²) in [5, 5.41) is 6.96. The molecule has 1 saturated carbocycles. The maximum Gasteiger partial charge on any atom is 0.292 e. The minimum atomic E-state index is -0.0901. The number of benzene rings is 2. The van der Waals surface area contributed by atoms with E-state index >= 15 is 0 Å². The predicted octanol–water partition coefficient (Wildman–Crippen LogP) is 4.90. The third kappa shape index (κ3) is 5.61. The van der Waals surface area contributed by atoms with E-state index in [1.54, 1.807) is 6.07 Å². The van der Waals surface area contributed by atoms with Crippen molar-refractivity contribution in [1.29, 1.82) is 0 Å². The number of piperidine rings is 1. The van der Waals surface area contributed by atoms with Crippen LogP contribution in [0.25, 0.3) is 0 Å². The topological polar surface area (TPSA) is 84.7 Å². The zero-order chi connectivity index (χ0) is 25.0. The first-order valence-electron chi connectivity index (χ1n) is 12.8. The Morgan fingerprint density at radius 3 is 2.58 bits per heavy atom. The van der Waals surface area contributed by atoms with Gasteiger partial charge in [0.1, 0.15) is 12.4 Å². The molecule has 1 aromatic heterocycles. The second-order valence-electron chi connectivity index (χ2n) is 10.2. The van der Waals surface area contributed by atoms with Crippen molar-refractivity contribution in [2.45, 2.75) is 52.2 Å². The van der Waals surface area contributed by atoms with Crippen molar-refractivity contribution in [2.24, 2.45) is 11.3 Å². The molecule has 0 unspecified atom stereocenters. The molecule has 7 nitrogen and oxygen atoms in total. The average molecular weight is 488 g/mol. The van der Waals surface area contributed by atoms with Gasteiger partial charge in [-0.25, -0.2) is 0 Å². The van der Waals surface area contributed by atoms with E-state index in [1.165, 1.54) is 0 Å². The Kier molecular flexibility index (Phi) is 7.07. The minimum absolute atomic E-state index is 0.0293. The molecule has 1 saturated heterocycles. The summed E-state index contributed by atoms with van der Waals surface area (Å²) >= 11 is 0. The number of nitrogens with zero attached hydrogens (tertiary/aromatic N) is 2. The molecule has 1 aliphatic heterocycles. The van der Waals surface area contributed by atoms with Gasteiger partial charge in [0.25, 0.3) is 5.91 Å². The van der Waals surface area contributed by atoms with Crippen LogP contribution in [0.4, 0.5) is 0 Å². The van der Waals surface area contributed by atoms with Crippen LogP contribution >= 0.6 is 0 Å². The molecule has 2 aromatic carbocycles. The van der Waals surface area contributed by atoms with Gasteiger partial charge >= 0.3 is 0 Å². The van der Waals surface area contributed by atoms with Crippen molar-refractivity contribution >= 4 is 11.8 Å². The maximum atomic E-state index is 13.0. The number of nitrogens with one attached hydrogen (secondary N) is 1. The van der Waals surface area contributed by atoms with Gasteiger partial charge in [0.05, 0.1) is 5.69 Å². The first kappa shape index (κ1) is 24.1. The predicted molar refractivity (Wildman–Crippen MR) is 135 cm³/mol. The van der Waals surface area contributed by atoms with Crippen LogP contribution in [-0.4, -0.2) is 35.0 Å². The number of hydrogen-bond acceptors (Lipinski definition) is 5. The van der Waals surface area contributed by atoms with Gasteiger partial charge in [-0.1, -0.05) is 47.6 Å². The molecule has 7 heteroatoms. The molecular formula is C29H33N3O4. The van der Waals surface area contributed by atoms with Crippen molar-refractivity contribution < 1.29 is 18.8 Å². The molecule has 36 heavy (non-hydrogen) atoms. The molecule has 0 bridgehead atoms. The number of carbonyl (C=O) groups excluding carboxylic acids is 2. The molecule has 2 aliphatic rings. The number of carbonyl (C=O) groups is 2. The Bertz CT molecular complexity index is 1200. The monoisotopic (exact) mass is 487 g/mol. The summed E-state index contributed by atoms with van der Waals surface area (Å²) in [6, 6.07) is 19.7. The van der Waals surface area contributed by atoms with Crippen LogP contribution in [0, 0.1) is 18.3 Å². The van der Waals surface area contributed by atoms with Gasteiger partial charge < -0.3 is 19.5 Å². The summed E-state index contributed by atoms with van der Waals surface area (Å²) in [4.78, 5) is 27.5. The molecule has 2 amide bonds. The molecule has 2 fully saturated rings.